The first kappa shape index (κ1) is 19.5. The van der Waals surface area contributed by atoms with E-state index in [2.05, 4.69) is 44.2 Å². The minimum atomic E-state index is -0.0615. The number of nitrogens with zero attached hydrogens (tertiary/aromatic N) is 1. The highest BCUT2D eigenvalue weighted by molar-refractivity contribution is 5.26. The minimum absolute atomic E-state index is 0.0615. The fraction of sp³-hybridized carbons (Fsp3) is 0.720. The Balaban J connectivity index is 1.53. The Morgan fingerprint density at radius 1 is 1.08 bits per heavy atom. The lowest BCUT2D eigenvalue weighted by Gasteiger charge is -2.34. The lowest BCUT2D eigenvalue weighted by atomic mass is 9.68. The normalized spacial score (nSPS) is 32.1. The Morgan fingerprint density at radius 3 is 2.42 bits per heavy atom. The lowest BCUT2D eigenvalue weighted by Crippen LogP contribution is -2.26. The predicted molar refractivity (Wildman–Crippen MR) is 110 cm³/mol. The van der Waals surface area contributed by atoms with Crippen molar-refractivity contribution >= 4 is 0 Å². The summed E-state index contributed by atoms with van der Waals surface area (Å²) in [5.41, 5.74) is 2.90. The van der Waals surface area contributed by atoms with Gasteiger partial charge in [0.1, 0.15) is 0 Å². The topological polar surface area (TPSA) is 23.8 Å². The molecule has 0 bridgehead atoms. The van der Waals surface area contributed by atoms with E-state index >= 15 is 0 Å². The first-order chi connectivity index (χ1) is 12.6. The number of benzene rings is 1. The molecule has 2 aliphatic carbocycles. The van der Waals surface area contributed by atoms with E-state index in [1.165, 1.54) is 56.9 Å². The van der Waals surface area contributed by atoms with Gasteiger partial charge in [0.05, 0.1) is 11.5 Å². The second-order valence-corrected chi connectivity index (χ2v) is 9.34. The fourth-order valence-corrected chi connectivity index (χ4v) is 5.58. The predicted octanol–water partition coefficient (Wildman–Crippen LogP) is 7.41. The molecule has 0 N–H and O–H groups in total. The number of nitriles is 1. The zero-order valence-corrected chi connectivity index (χ0v) is 17.0. The second kappa shape index (κ2) is 9.07. The van der Waals surface area contributed by atoms with Crippen LogP contribution in [-0.2, 0) is 6.42 Å². The third-order valence-corrected chi connectivity index (χ3v) is 7.22. The first-order valence-electron chi connectivity index (χ1n) is 11.1. The maximum absolute atomic E-state index is 9.76. The van der Waals surface area contributed by atoms with Crippen molar-refractivity contribution in [1.82, 2.24) is 0 Å². The van der Waals surface area contributed by atoms with Crippen molar-refractivity contribution in [1.29, 1.82) is 5.26 Å². The Bertz CT molecular complexity index is 588. The third-order valence-electron chi connectivity index (χ3n) is 7.22. The van der Waals surface area contributed by atoms with E-state index in [0.29, 0.717) is 5.92 Å². The van der Waals surface area contributed by atoms with Crippen molar-refractivity contribution < 1.29 is 0 Å². The van der Waals surface area contributed by atoms with E-state index in [0.717, 1.165) is 37.5 Å². The van der Waals surface area contributed by atoms with Crippen LogP contribution in [0.25, 0.3) is 0 Å². The van der Waals surface area contributed by atoms with Crippen LogP contribution in [0.4, 0.5) is 0 Å². The summed E-state index contributed by atoms with van der Waals surface area (Å²) in [6.45, 7) is 4.63. The van der Waals surface area contributed by atoms with Gasteiger partial charge in [-0.3, -0.25) is 0 Å². The highest BCUT2D eigenvalue weighted by Crippen LogP contribution is 2.42. The Labute approximate surface area is 161 Å². The average molecular weight is 352 g/mol. The number of hydrogen-bond acceptors (Lipinski definition) is 1. The molecule has 0 aliphatic heterocycles. The Kier molecular flexibility index (Phi) is 6.80. The molecule has 2 saturated carbocycles. The van der Waals surface area contributed by atoms with Crippen LogP contribution in [0.5, 0.6) is 0 Å². The molecule has 0 aromatic heterocycles. The molecule has 1 nitrogen and oxygen atoms in total. The molecule has 0 saturated heterocycles. The molecule has 2 aliphatic rings. The molecule has 0 spiro atoms. The quantitative estimate of drug-likeness (QED) is 0.523. The second-order valence-electron chi connectivity index (χ2n) is 9.34. The van der Waals surface area contributed by atoms with Crippen LogP contribution in [0.1, 0.15) is 102 Å². The summed E-state index contributed by atoms with van der Waals surface area (Å²) in [6.07, 6.45) is 15.2. The summed E-state index contributed by atoms with van der Waals surface area (Å²) < 4.78 is 0. The first-order valence-corrected chi connectivity index (χ1v) is 11.1. The highest BCUT2D eigenvalue weighted by atomic mass is 14.4. The molecule has 0 radical (unpaired) electrons. The molecule has 3 rings (SSSR count). The van der Waals surface area contributed by atoms with Gasteiger partial charge in [0.2, 0.25) is 0 Å². The summed E-state index contributed by atoms with van der Waals surface area (Å²) in [4.78, 5) is 0. The van der Waals surface area contributed by atoms with Crippen molar-refractivity contribution in [2.75, 3.05) is 0 Å². The van der Waals surface area contributed by atoms with Crippen LogP contribution in [0, 0.1) is 28.6 Å². The monoisotopic (exact) mass is 351 g/mol. The van der Waals surface area contributed by atoms with Gasteiger partial charge < -0.3 is 0 Å². The van der Waals surface area contributed by atoms with Crippen molar-refractivity contribution in [2.45, 2.75) is 96.8 Å². The molecule has 1 heteroatoms. The molecule has 1 aromatic rings. The molecular weight excluding hydrogens is 314 g/mol. The lowest BCUT2D eigenvalue weighted by molar-refractivity contribution is 0.197. The molecule has 2 atom stereocenters. The zero-order chi connectivity index (χ0) is 18.4. The van der Waals surface area contributed by atoms with Gasteiger partial charge in [0.25, 0.3) is 0 Å². The zero-order valence-electron chi connectivity index (χ0n) is 17.0. The molecule has 0 heterocycles. The molecular formula is C25H37N. The van der Waals surface area contributed by atoms with Crippen molar-refractivity contribution in [2.24, 2.45) is 17.3 Å². The number of aryl methyl sites for hydroxylation is 1. The molecule has 0 amide bonds. The van der Waals surface area contributed by atoms with Crippen LogP contribution in [0.2, 0.25) is 0 Å². The summed E-state index contributed by atoms with van der Waals surface area (Å²) in [5.74, 6) is 2.48. The summed E-state index contributed by atoms with van der Waals surface area (Å²) in [6, 6.07) is 12.1. The van der Waals surface area contributed by atoms with Gasteiger partial charge in [-0.25, -0.2) is 0 Å². The summed E-state index contributed by atoms with van der Waals surface area (Å²) >= 11 is 0. The van der Waals surface area contributed by atoms with E-state index in [4.69, 9.17) is 0 Å². The SMILES string of the molecule is CCCC1CCC(c2ccc(CCC3(C#N)CCCC(C)C3)cc2)CC1. The molecule has 26 heavy (non-hydrogen) atoms. The maximum Gasteiger partial charge on any atom is 0.0689 e. The van der Waals surface area contributed by atoms with Crippen molar-refractivity contribution in [3.63, 3.8) is 0 Å². The van der Waals surface area contributed by atoms with E-state index < -0.39 is 0 Å². The van der Waals surface area contributed by atoms with Gasteiger partial charge in [-0.05, 0) is 80.2 Å². The highest BCUT2D eigenvalue weighted by Gasteiger charge is 2.34. The van der Waals surface area contributed by atoms with Crippen LogP contribution >= 0.6 is 0 Å². The van der Waals surface area contributed by atoms with E-state index in [1.807, 2.05) is 0 Å². The minimum Gasteiger partial charge on any atom is -0.198 e. The number of rotatable bonds is 6. The molecule has 2 unspecified atom stereocenters. The van der Waals surface area contributed by atoms with E-state index in [1.54, 1.807) is 5.56 Å². The van der Waals surface area contributed by atoms with Gasteiger partial charge in [-0.15, -0.1) is 0 Å². The van der Waals surface area contributed by atoms with Gasteiger partial charge in [0, 0.05) is 0 Å². The van der Waals surface area contributed by atoms with Gasteiger partial charge in [0.15, 0.2) is 0 Å². The van der Waals surface area contributed by atoms with Gasteiger partial charge >= 0.3 is 0 Å². The van der Waals surface area contributed by atoms with Crippen molar-refractivity contribution in [3.8, 4) is 6.07 Å². The largest absolute Gasteiger partial charge is 0.198 e. The van der Waals surface area contributed by atoms with Crippen LogP contribution < -0.4 is 0 Å². The fourth-order valence-electron chi connectivity index (χ4n) is 5.58. The smallest absolute Gasteiger partial charge is 0.0689 e. The summed E-state index contributed by atoms with van der Waals surface area (Å²) in [5, 5.41) is 9.76. The number of hydrogen-bond donors (Lipinski definition) is 0. The van der Waals surface area contributed by atoms with E-state index in [-0.39, 0.29) is 5.41 Å². The standard InChI is InChI=1S/C25H37N/c1-3-5-21-7-11-23(12-8-21)24-13-9-22(10-14-24)15-17-25(19-26)16-4-6-20(2)18-25/h9-10,13-14,20-21,23H,3-8,11-12,15-18H2,1-2H3. The van der Waals surface area contributed by atoms with Crippen LogP contribution in [0.3, 0.4) is 0 Å². The average Bonchev–Trinajstić information content (AvgIpc) is 2.68. The molecule has 2 fully saturated rings. The van der Waals surface area contributed by atoms with Crippen molar-refractivity contribution in [3.05, 3.63) is 35.4 Å². The maximum atomic E-state index is 9.76. The van der Waals surface area contributed by atoms with Gasteiger partial charge in [-0.1, -0.05) is 63.8 Å². The Hall–Kier alpha value is -1.29. The van der Waals surface area contributed by atoms with Crippen LogP contribution in [-0.4, -0.2) is 0 Å². The van der Waals surface area contributed by atoms with E-state index in [9.17, 15) is 5.26 Å². The summed E-state index contributed by atoms with van der Waals surface area (Å²) in [7, 11) is 0. The van der Waals surface area contributed by atoms with Gasteiger partial charge in [-0.2, -0.15) is 5.26 Å². The van der Waals surface area contributed by atoms with Crippen LogP contribution in [0.15, 0.2) is 24.3 Å². The molecule has 1 aromatic carbocycles. The Morgan fingerprint density at radius 2 is 1.81 bits per heavy atom. The molecule has 142 valence electrons. The third kappa shape index (κ3) is 4.91.